The summed E-state index contributed by atoms with van der Waals surface area (Å²) < 4.78 is 39.4. The zero-order chi connectivity index (χ0) is 18.8. The fourth-order valence-electron chi connectivity index (χ4n) is 2.73. The molecule has 1 atom stereocenters. The second kappa shape index (κ2) is 7.43. The quantitative estimate of drug-likeness (QED) is 0.682. The highest BCUT2D eigenvalue weighted by atomic mass is 79.9. The maximum atomic E-state index is 14.5. The van der Waals surface area contributed by atoms with Crippen molar-refractivity contribution in [2.24, 2.45) is 0 Å². The minimum absolute atomic E-state index is 0.0344. The van der Waals surface area contributed by atoms with E-state index in [1.54, 1.807) is 26.8 Å². The second-order valence-electron chi connectivity index (χ2n) is 7.06. The Labute approximate surface area is 154 Å². The van der Waals surface area contributed by atoms with Gasteiger partial charge in [0.1, 0.15) is 5.60 Å². The molecule has 1 amide bonds. The van der Waals surface area contributed by atoms with Gasteiger partial charge in [0, 0.05) is 36.6 Å². The SMILES string of the molecule is COc1ncc([C@H]2CN(C(=O)OC(C)(C)C)CCC2(F)F)cc1CBr. The summed E-state index contributed by atoms with van der Waals surface area (Å²) in [5.74, 6) is -3.66. The van der Waals surface area contributed by atoms with Crippen LogP contribution in [0.3, 0.4) is 0 Å². The number of alkyl halides is 3. The van der Waals surface area contributed by atoms with Crippen molar-refractivity contribution in [3.63, 3.8) is 0 Å². The normalized spacial score (nSPS) is 20.3. The van der Waals surface area contributed by atoms with E-state index in [-0.39, 0.29) is 13.1 Å². The molecule has 1 fully saturated rings. The molecule has 0 aliphatic carbocycles. The van der Waals surface area contributed by atoms with E-state index in [1.807, 2.05) is 0 Å². The molecule has 8 heteroatoms. The molecule has 0 unspecified atom stereocenters. The number of hydrogen-bond donors (Lipinski definition) is 0. The van der Waals surface area contributed by atoms with E-state index in [4.69, 9.17) is 9.47 Å². The van der Waals surface area contributed by atoms with Crippen molar-refractivity contribution in [3.8, 4) is 5.88 Å². The van der Waals surface area contributed by atoms with Gasteiger partial charge >= 0.3 is 6.09 Å². The van der Waals surface area contributed by atoms with Crippen LogP contribution in [0.1, 0.15) is 44.2 Å². The molecule has 25 heavy (non-hydrogen) atoms. The summed E-state index contributed by atoms with van der Waals surface area (Å²) >= 11 is 3.31. The maximum Gasteiger partial charge on any atom is 0.410 e. The Bertz CT molecular complexity index is 635. The van der Waals surface area contributed by atoms with Crippen LogP contribution >= 0.6 is 15.9 Å². The number of methoxy groups -OCH3 is 1. The molecule has 0 radical (unpaired) electrons. The molecule has 1 aromatic heterocycles. The van der Waals surface area contributed by atoms with Gasteiger partial charge in [-0.3, -0.25) is 0 Å². The Morgan fingerprint density at radius 3 is 2.72 bits per heavy atom. The number of carbonyl (C=O) groups excluding carboxylic acids is 1. The van der Waals surface area contributed by atoms with Crippen LogP contribution < -0.4 is 4.74 Å². The lowest BCUT2D eigenvalue weighted by molar-refractivity contribution is -0.0771. The van der Waals surface area contributed by atoms with Crippen molar-refractivity contribution in [2.75, 3.05) is 20.2 Å². The number of likely N-dealkylation sites (tertiary alicyclic amines) is 1. The molecular formula is C17H23BrF2N2O3. The number of ether oxygens (including phenoxy) is 2. The third-order valence-corrected chi connectivity index (χ3v) is 4.57. The van der Waals surface area contributed by atoms with Crippen LogP contribution in [0.2, 0.25) is 0 Å². The van der Waals surface area contributed by atoms with E-state index in [0.717, 1.165) is 0 Å². The standard InChI is InChI=1S/C17H23BrF2N2O3/c1-16(2,3)25-15(23)22-6-5-17(19,20)13(10-22)12-7-11(8-18)14(24-4)21-9-12/h7,9,13H,5-6,8,10H2,1-4H3/t13-/m1/s1. The largest absolute Gasteiger partial charge is 0.481 e. The Balaban J connectivity index is 2.26. The first kappa shape index (κ1) is 19.9. The van der Waals surface area contributed by atoms with E-state index < -0.39 is 30.0 Å². The Kier molecular flexibility index (Phi) is 5.91. The van der Waals surface area contributed by atoms with Crippen molar-refractivity contribution in [1.82, 2.24) is 9.88 Å². The molecule has 0 bridgehead atoms. The van der Waals surface area contributed by atoms with E-state index in [1.165, 1.54) is 18.2 Å². The van der Waals surface area contributed by atoms with Crippen LogP contribution in [0, 0.1) is 0 Å². The molecule has 1 saturated heterocycles. The highest BCUT2D eigenvalue weighted by Crippen LogP contribution is 2.41. The van der Waals surface area contributed by atoms with Gasteiger partial charge < -0.3 is 14.4 Å². The van der Waals surface area contributed by atoms with Gasteiger partial charge in [0.05, 0.1) is 13.0 Å². The third kappa shape index (κ3) is 4.80. The molecule has 2 heterocycles. The molecule has 0 aromatic carbocycles. The number of piperidine rings is 1. The first-order valence-corrected chi connectivity index (χ1v) is 9.14. The molecular weight excluding hydrogens is 398 g/mol. The average Bonchev–Trinajstić information content (AvgIpc) is 2.52. The van der Waals surface area contributed by atoms with Gasteiger partial charge in [0.2, 0.25) is 5.88 Å². The number of amides is 1. The molecule has 0 spiro atoms. The average molecular weight is 421 g/mol. The van der Waals surface area contributed by atoms with Crippen molar-refractivity contribution in [2.45, 2.75) is 50.0 Å². The van der Waals surface area contributed by atoms with Crippen molar-refractivity contribution in [3.05, 3.63) is 23.4 Å². The predicted octanol–water partition coefficient (Wildman–Crippen LogP) is 4.34. The highest BCUT2D eigenvalue weighted by molar-refractivity contribution is 9.08. The summed E-state index contributed by atoms with van der Waals surface area (Å²) in [5, 5.41) is 0.436. The summed E-state index contributed by atoms with van der Waals surface area (Å²) in [4.78, 5) is 17.7. The molecule has 140 valence electrons. The third-order valence-electron chi connectivity index (χ3n) is 3.97. The summed E-state index contributed by atoms with van der Waals surface area (Å²) in [6.45, 7) is 5.09. The minimum Gasteiger partial charge on any atom is -0.481 e. The van der Waals surface area contributed by atoms with Gasteiger partial charge in [0.25, 0.3) is 5.92 Å². The molecule has 2 rings (SSSR count). The summed E-state index contributed by atoms with van der Waals surface area (Å²) in [7, 11) is 1.48. The number of pyridine rings is 1. The second-order valence-corrected chi connectivity index (χ2v) is 7.62. The lowest BCUT2D eigenvalue weighted by atomic mass is 9.87. The van der Waals surface area contributed by atoms with Gasteiger partial charge in [-0.1, -0.05) is 15.9 Å². The van der Waals surface area contributed by atoms with Gasteiger partial charge in [0.15, 0.2) is 0 Å². The van der Waals surface area contributed by atoms with Crippen molar-refractivity contribution >= 4 is 22.0 Å². The molecule has 1 aromatic rings. The Hall–Kier alpha value is -1.44. The van der Waals surface area contributed by atoms with E-state index in [0.29, 0.717) is 22.3 Å². The monoisotopic (exact) mass is 420 g/mol. The van der Waals surface area contributed by atoms with E-state index in [2.05, 4.69) is 20.9 Å². The fourth-order valence-corrected chi connectivity index (χ4v) is 3.13. The minimum atomic E-state index is -2.92. The number of carbonyl (C=O) groups is 1. The summed E-state index contributed by atoms with van der Waals surface area (Å²) in [6.07, 6.45) is 0.407. The number of aromatic nitrogens is 1. The number of rotatable bonds is 3. The first-order chi connectivity index (χ1) is 11.6. The van der Waals surface area contributed by atoms with Crippen LogP contribution in [0.15, 0.2) is 12.3 Å². The van der Waals surface area contributed by atoms with Crippen molar-refractivity contribution < 1.29 is 23.0 Å². The zero-order valence-corrected chi connectivity index (χ0v) is 16.4. The Morgan fingerprint density at radius 2 is 2.16 bits per heavy atom. The summed E-state index contributed by atoms with van der Waals surface area (Å²) in [6, 6.07) is 1.65. The lowest BCUT2D eigenvalue weighted by Crippen LogP contribution is -2.49. The maximum absolute atomic E-state index is 14.5. The highest BCUT2D eigenvalue weighted by Gasteiger charge is 2.46. The van der Waals surface area contributed by atoms with Gasteiger partial charge in [-0.15, -0.1) is 0 Å². The smallest absolute Gasteiger partial charge is 0.410 e. The molecule has 1 aliphatic heterocycles. The topological polar surface area (TPSA) is 51.7 Å². The van der Waals surface area contributed by atoms with Crippen LogP contribution in [-0.4, -0.2) is 47.7 Å². The van der Waals surface area contributed by atoms with Gasteiger partial charge in [-0.05, 0) is 32.4 Å². The Morgan fingerprint density at radius 1 is 1.48 bits per heavy atom. The van der Waals surface area contributed by atoms with Gasteiger partial charge in [-0.2, -0.15) is 0 Å². The van der Waals surface area contributed by atoms with E-state index in [9.17, 15) is 13.6 Å². The number of nitrogens with zero attached hydrogens (tertiary/aromatic N) is 2. The van der Waals surface area contributed by atoms with Crippen LogP contribution in [0.25, 0.3) is 0 Å². The number of hydrogen-bond acceptors (Lipinski definition) is 4. The van der Waals surface area contributed by atoms with Crippen molar-refractivity contribution in [1.29, 1.82) is 0 Å². The molecule has 0 N–H and O–H groups in total. The number of halogens is 3. The lowest BCUT2D eigenvalue weighted by Gasteiger charge is -2.39. The van der Waals surface area contributed by atoms with Crippen LogP contribution in [0.4, 0.5) is 13.6 Å². The molecule has 5 nitrogen and oxygen atoms in total. The summed E-state index contributed by atoms with van der Waals surface area (Å²) in [5.41, 5.74) is 0.399. The predicted molar refractivity (Wildman–Crippen MR) is 93.5 cm³/mol. The fraction of sp³-hybridized carbons (Fsp3) is 0.647. The van der Waals surface area contributed by atoms with Gasteiger partial charge in [-0.25, -0.2) is 18.6 Å². The van der Waals surface area contributed by atoms with Crippen LogP contribution in [0.5, 0.6) is 5.88 Å². The van der Waals surface area contributed by atoms with E-state index >= 15 is 0 Å². The first-order valence-electron chi connectivity index (χ1n) is 8.02. The zero-order valence-electron chi connectivity index (χ0n) is 14.8. The molecule has 0 saturated carbocycles. The molecule has 1 aliphatic rings. The van der Waals surface area contributed by atoms with Crippen LogP contribution in [-0.2, 0) is 10.1 Å².